The van der Waals surface area contributed by atoms with Gasteiger partial charge in [-0.1, -0.05) is 12.1 Å². The van der Waals surface area contributed by atoms with Gasteiger partial charge >= 0.3 is 5.69 Å². The van der Waals surface area contributed by atoms with Crippen molar-refractivity contribution in [1.82, 2.24) is 9.13 Å². The van der Waals surface area contributed by atoms with Crippen LogP contribution in [0.15, 0.2) is 63.5 Å². The lowest BCUT2D eigenvalue weighted by Gasteiger charge is -2.13. The van der Waals surface area contributed by atoms with E-state index in [9.17, 15) is 18.8 Å². The molecule has 0 bridgehead atoms. The zero-order valence-corrected chi connectivity index (χ0v) is 18.6. The van der Waals surface area contributed by atoms with Gasteiger partial charge in [-0.3, -0.25) is 18.7 Å². The van der Waals surface area contributed by atoms with Crippen LogP contribution in [-0.2, 0) is 17.9 Å². The van der Waals surface area contributed by atoms with Gasteiger partial charge in [0.1, 0.15) is 28.6 Å². The van der Waals surface area contributed by atoms with Gasteiger partial charge in [-0.25, -0.2) is 9.18 Å². The SMILES string of the molecule is COc1cc(NC(=O)Cn2c(=O)n(Cc3ccc(F)cc3)c(=O)c3sccc32)cc(OC)c1. The summed E-state index contributed by atoms with van der Waals surface area (Å²) in [7, 11) is 3.00. The van der Waals surface area contributed by atoms with Crippen molar-refractivity contribution in [2.24, 2.45) is 0 Å². The monoisotopic (exact) mass is 469 g/mol. The molecule has 4 aromatic rings. The van der Waals surface area contributed by atoms with Crippen LogP contribution >= 0.6 is 11.3 Å². The predicted molar refractivity (Wildman–Crippen MR) is 124 cm³/mol. The van der Waals surface area contributed by atoms with Crippen LogP contribution in [-0.4, -0.2) is 29.3 Å². The fourth-order valence-corrected chi connectivity index (χ4v) is 4.26. The molecule has 0 atom stereocenters. The van der Waals surface area contributed by atoms with E-state index in [1.165, 1.54) is 54.4 Å². The molecule has 4 rings (SSSR count). The number of carbonyl (C=O) groups excluding carboxylic acids is 1. The Morgan fingerprint density at radius 1 is 1.00 bits per heavy atom. The van der Waals surface area contributed by atoms with Gasteiger partial charge in [-0.15, -0.1) is 11.3 Å². The molecule has 8 nitrogen and oxygen atoms in total. The van der Waals surface area contributed by atoms with Crippen LogP contribution < -0.4 is 26.0 Å². The number of halogens is 1. The van der Waals surface area contributed by atoms with Crippen molar-refractivity contribution in [3.05, 3.63) is 86.1 Å². The molecule has 170 valence electrons. The molecule has 33 heavy (non-hydrogen) atoms. The first kappa shape index (κ1) is 22.3. The topological polar surface area (TPSA) is 91.6 Å². The second kappa shape index (κ2) is 9.29. The molecule has 2 aromatic carbocycles. The second-order valence-corrected chi connectivity index (χ2v) is 8.09. The minimum absolute atomic E-state index is 0.0412. The Kier molecular flexibility index (Phi) is 6.27. The number of methoxy groups -OCH3 is 2. The van der Waals surface area contributed by atoms with Crippen molar-refractivity contribution in [2.75, 3.05) is 19.5 Å². The minimum atomic E-state index is -0.631. The van der Waals surface area contributed by atoms with Crippen molar-refractivity contribution < 1.29 is 18.7 Å². The van der Waals surface area contributed by atoms with E-state index in [0.29, 0.717) is 33.0 Å². The summed E-state index contributed by atoms with van der Waals surface area (Å²) in [6.45, 7) is -0.351. The summed E-state index contributed by atoms with van der Waals surface area (Å²) < 4.78 is 26.3. The highest BCUT2D eigenvalue weighted by atomic mass is 32.1. The fraction of sp³-hybridized carbons (Fsp3) is 0.174. The predicted octanol–water partition coefficient (Wildman–Crippen LogP) is 3.07. The molecule has 0 aliphatic carbocycles. The first-order valence-electron chi connectivity index (χ1n) is 9.88. The van der Waals surface area contributed by atoms with Gasteiger partial charge in [0.05, 0.1) is 26.3 Å². The van der Waals surface area contributed by atoms with E-state index < -0.39 is 23.0 Å². The molecule has 2 heterocycles. The lowest BCUT2D eigenvalue weighted by molar-refractivity contribution is -0.116. The molecule has 0 saturated carbocycles. The van der Waals surface area contributed by atoms with Crippen LogP contribution in [0.5, 0.6) is 11.5 Å². The summed E-state index contributed by atoms with van der Waals surface area (Å²) >= 11 is 1.19. The number of benzene rings is 2. The molecule has 0 aliphatic heterocycles. The Morgan fingerprint density at radius 2 is 1.67 bits per heavy atom. The molecule has 10 heteroatoms. The van der Waals surface area contributed by atoms with Gasteiger partial charge in [-0.05, 0) is 29.1 Å². The number of carbonyl (C=O) groups is 1. The quantitative estimate of drug-likeness (QED) is 0.449. The van der Waals surface area contributed by atoms with Gasteiger partial charge in [0.15, 0.2) is 0 Å². The van der Waals surface area contributed by atoms with Crippen LogP contribution in [0.25, 0.3) is 10.2 Å². The van der Waals surface area contributed by atoms with Crippen molar-refractivity contribution in [1.29, 1.82) is 0 Å². The number of rotatable bonds is 7. The van der Waals surface area contributed by atoms with Gasteiger partial charge in [0.25, 0.3) is 5.56 Å². The molecular formula is C23H20FN3O5S. The van der Waals surface area contributed by atoms with E-state index in [0.717, 1.165) is 4.57 Å². The van der Waals surface area contributed by atoms with Crippen molar-refractivity contribution in [3.63, 3.8) is 0 Å². The third-order valence-electron chi connectivity index (χ3n) is 5.03. The van der Waals surface area contributed by atoms with Crippen molar-refractivity contribution >= 4 is 33.1 Å². The zero-order chi connectivity index (χ0) is 23.5. The largest absolute Gasteiger partial charge is 0.497 e. The first-order valence-corrected chi connectivity index (χ1v) is 10.8. The fourth-order valence-electron chi connectivity index (χ4n) is 3.42. The summed E-state index contributed by atoms with van der Waals surface area (Å²) in [5.74, 6) is 0.111. The van der Waals surface area contributed by atoms with E-state index in [-0.39, 0.29) is 13.1 Å². The Labute approximate surface area is 191 Å². The standard InChI is InChI=1S/C23H20FN3O5S/c1-31-17-9-16(10-18(11-17)32-2)25-20(28)13-26-19-7-8-33-21(19)22(29)27(23(26)30)12-14-3-5-15(24)6-4-14/h3-11H,12-13H2,1-2H3,(H,25,28). The molecule has 0 aliphatic rings. The Balaban J connectivity index is 1.68. The minimum Gasteiger partial charge on any atom is -0.497 e. The second-order valence-electron chi connectivity index (χ2n) is 7.17. The molecule has 0 radical (unpaired) electrons. The summed E-state index contributed by atoms with van der Waals surface area (Å²) in [5, 5.41) is 4.42. The normalized spacial score (nSPS) is 10.9. The van der Waals surface area contributed by atoms with Gasteiger partial charge in [0, 0.05) is 23.9 Å². The molecule has 1 amide bonds. The van der Waals surface area contributed by atoms with Crippen LogP contribution in [0.3, 0.4) is 0 Å². The summed E-state index contributed by atoms with van der Waals surface area (Å²) in [5.41, 5.74) is 0.317. The molecule has 1 N–H and O–H groups in total. The number of hydrogen-bond acceptors (Lipinski definition) is 6. The van der Waals surface area contributed by atoms with Crippen molar-refractivity contribution in [3.8, 4) is 11.5 Å². The average Bonchev–Trinajstić information content (AvgIpc) is 3.30. The lowest BCUT2D eigenvalue weighted by Crippen LogP contribution is -2.41. The molecule has 0 spiro atoms. The number of nitrogens with one attached hydrogen (secondary N) is 1. The highest BCUT2D eigenvalue weighted by Gasteiger charge is 2.17. The maximum Gasteiger partial charge on any atom is 0.332 e. The van der Waals surface area contributed by atoms with E-state index in [1.54, 1.807) is 29.6 Å². The third-order valence-corrected chi connectivity index (χ3v) is 5.92. The zero-order valence-electron chi connectivity index (χ0n) is 17.8. The number of hydrogen-bond donors (Lipinski definition) is 1. The maximum absolute atomic E-state index is 13.2. The number of fused-ring (bicyclic) bond motifs is 1. The Hall–Kier alpha value is -3.92. The third kappa shape index (κ3) is 4.65. The number of nitrogens with zero attached hydrogens (tertiary/aromatic N) is 2. The van der Waals surface area contributed by atoms with Gasteiger partial charge in [0.2, 0.25) is 5.91 Å². The molecule has 0 unspecified atom stereocenters. The van der Waals surface area contributed by atoms with E-state index in [4.69, 9.17) is 9.47 Å². The smallest absolute Gasteiger partial charge is 0.332 e. The highest BCUT2D eigenvalue weighted by molar-refractivity contribution is 7.17. The summed E-state index contributed by atoms with van der Waals surface area (Å²) in [6, 6.07) is 12.1. The summed E-state index contributed by atoms with van der Waals surface area (Å²) in [4.78, 5) is 38.9. The average molecular weight is 469 g/mol. The van der Waals surface area contributed by atoms with Gasteiger partial charge < -0.3 is 14.8 Å². The molecule has 2 aromatic heterocycles. The lowest BCUT2D eigenvalue weighted by atomic mass is 10.2. The number of amides is 1. The Bertz CT molecular complexity index is 1420. The summed E-state index contributed by atoms with van der Waals surface area (Å²) in [6.07, 6.45) is 0. The van der Waals surface area contributed by atoms with Crippen molar-refractivity contribution in [2.45, 2.75) is 13.1 Å². The van der Waals surface area contributed by atoms with E-state index in [1.807, 2.05) is 0 Å². The van der Waals surface area contributed by atoms with Crippen LogP contribution in [0.1, 0.15) is 5.56 Å². The van der Waals surface area contributed by atoms with Crippen LogP contribution in [0.2, 0.25) is 0 Å². The number of thiophene rings is 1. The van der Waals surface area contributed by atoms with Crippen LogP contribution in [0, 0.1) is 5.82 Å². The first-order chi connectivity index (χ1) is 15.9. The van der Waals surface area contributed by atoms with E-state index >= 15 is 0 Å². The Morgan fingerprint density at radius 3 is 2.30 bits per heavy atom. The molecule has 0 saturated heterocycles. The highest BCUT2D eigenvalue weighted by Crippen LogP contribution is 2.26. The van der Waals surface area contributed by atoms with Gasteiger partial charge in [-0.2, -0.15) is 0 Å². The number of ether oxygens (including phenoxy) is 2. The number of aromatic nitrogens is 2. The molecule has 0 fully saturated rings. The number of anilines is 1. The molecular weight excluding hydrogens is 449 g/mol. The van der Waals surface area contributed by atoms with Crippen LogP contribution in [0.4, 0.5) is 10.1 Å². The maximum atomic E-state index is 13.2. The van der Waals surface area contributed by atoms with E-state index in [2.05, 4.69) is 5.32 Å².